The fraction of sp³-hybridized carbons (Fsp3) is 0.133. The Hall–Kier alpha value is -2.40. The van der Waals surface area contributed by atoms with Gasteiger partial charge >= 0.3 is 5.97 Å². The average Bonchev–Trinajstić information content (AvgIpc) is 2.48. The minimum Gasteiger partial charge on any atom is -0.462 e. The number of rotatable bonds is 4. The molecule has 1 N–H and O–H groups in total. The highest BCUT2D eigenvalue weighted by Crippen LogP contribution is 2.14. The highest BCUT2D eigenvalue weighted by Gasteiger charge is 2.10. The molecule has 0 atom stereocenters. The molecule has 6 heteroatoms. The molecule has 1 heterocycles. The number of halogens is 1. The molecule has 0 aliphatic carbocycles. The number of nitrogens with one attached hydrogen (secondary N) is 1. The summed E-state index contributed by atoms with van der Waals surface area (Å²) in [7, 11) is 0. The van der Waals surface area contributed by atoms with Crippen molar-refractivity contribution in [3.05, 3.63) is 58.9 Å². The zero-order valence-corrected chi connectivity index (χ0v) is 12.1. The predicted molar refractivity (Wildman–Crippen MR) is 79.6 cm³/mol. The van der Waals surface area contributed by atoms with Crippen molar-refractivity contribution in [1.82, 2.24) is 4.98 Å². The van der Waals surface area contributed by atoms with Crippen molar-refractivity contribution in [2.45, 2.75) is 6.92 Å². The van der Waals surface area contributed by atoms with Gasteiger partial charge in [0.05, 0.1) is 17.7 Å². The van der Waals surface area contributed by atoms with Gasteiger partial charge in [-0.2, -0.15) is 0 Å². The standard InChI is InChI=1S/C15H13ClN2O3/c1-2-21-15(20)10-4-3-5-12(8-10)18-14(19)11-6-7-13(16)17-9-11/h3-9H,2H2,1H3,(H,18,19). The number of carbonyl (C=O) groups excluding carboxylic acids is 2. The van der Waals surface area contributed by atoms with Crippen LogP contribution in [0.5, 0.6) is 0 Å². The maximum Gasteiger partial charge on any atom is 0.338 e. The van der Waals surface area contributed by atoms with Crippen molar-refractivity contribution in [2.24, 2.45) is 0 Å². The second-order valence-electron chi connectivity index (χ2n) is 4.12. The molecular formula is C15H13ClN2O3. The van der Waals surface area contributed by atoms with E-state index in [9.17, 15) is 9.59 Å². The highest BCUT2D eigenvalue weighted by molar-refractivity contribution is 6.29. The number of carbonyl (C=O) groups is 2. The van der Waals surface area contributed by atoms with Gasteiger partial charge in [0.15, 0.2) is 0 Å². The summed E-state index contributed by atoms with van der Waals surface area (Å²) >= 11 is 5.67. The number of nitrogens with zero attached hydrogens (tertiary/aromatic N) is 1. The van der Waals surface area contributed by atoms with E-state index in [1.54, 1.807) is 37.3 Å². The Bertz CT molecular complexity index is 656. The minimum atomic E-state index is -0.429. The lowest BCUT2D eigenvalue weighted by atomic mass is 10.2. The first-order chi connectivity index (χ1) is 10.1. The Balaban J connectivity index is 2.12. The number of hydrogen-bond donors (Lipinski definition) is 1. The third kappa shape index (κ3) is 4.03. The maximum absolute atomic E-state index is 12.0. The minimum absolute atomic E-state index is 0.297. The van der Waals surface area contributed by atoms with Crippen LogP contribution in [0.1, 0.15) is 27.6 Å². The molecule has 2 aromatic rings. The van der Waals surface area contributed by atoms with Crippen LogP contribution in [0.15, 0.2) is 42.6 Å². The summed E-state index contributed by atoms with van der Waals surface area (Å²) in [5.74, 6) is -0.762. The van der Waals surface area contributed by atoms with Crippen molar-refractivity contribution in [3.8, 4) is 0 Å². The van der Waals surface area contributed by atoms with E-state index in [-0.39, 0.29) is 5.91 Å². The van der Waals surface area contributed by atoms with Gasteiger partial charge in [-0.25, -0.2) is 9.78 Å². The van der Waals surface area contributed by atoms with Crippen molar-refractivity contribution in [3.63, 3.8) is 0 Å². The quantitative estimate of drug-likeness (QED) is 0.696. The van der Waals surface area contributed by atoms with Gasteiger partial charge < -0.3 is 10.1 Å². The van der Waals surface area contributed by atoms with Gasteiger partial charge in [-0.1, -0.05) is 17.7 Å². The van der Waals surface area contributed by atoms with Gasteiger partial charge in [0.1, 0.15) is 5.15 Å². The normalized spacial score (nSPS) is 10.0. The molecule has 1 aromatic carbocycles. The third-order valence-corrected chi connectivity index (χ3v) is 2.84. The number of benzene rings is 1. The second-order valence-corrected chi connectivity index (χ2v) is 4.51. The number of ether oxygens (including phenoxy) is 1. The molecule has 0 unspecified atom stereocenters. The Labute approximate surface area is 126 Å². The summed E-state index contributed by atoms with van der Waals surface area (Å²) in [6.45, 7) is 2.03. The Morgan fingerprint density at radius 3 is 2.71 bits per heavy atom. The Kier molecular flexibility index (Phi) is 4.90. The summed E-state index contributed by atoms with van der Waals surface area (Å²) in [5, 5.41) is 3.00. The number of esters is 1. The Morgan fingerprint density at radius 1 is 1.24 bits per heavy atom. The summed E-state index contributed by atoms with van der Waals surface area (Å²) in [4.78, 5) is 27.5. The Morgan fingerprint density at radius 2 is 2.05 bits per heavy atom. The third-order valence-electron chi connectivity index (χ3n) is 2.62. The molecule has 0 radical (unpaired) electrons. The number of hydrogen-bond acceptors (Lipinski definition) is 4. The smallest absolute Gasteiger partial charge is 0.338 e. The molecule has 1 aromatic heterocycles. The molecule has 21 heavy (non-hydrogen) atoms. The predicted octanol–water partition coefficient (Wildman–Crippen LogP) is 3.16. The van der Waals surface area contributed by atoms with E-state index in [2.05, 4.69) is 10.3 Å². The van der Waals surface area contributed by atoms with Crippen molar-refractivity contribution >= 4 is 29.2 Å². The van der Waals surface area contributed by atoms with Gasteiger partial charge in [-0.15, -0.1) is 0 Å². The topological polar surface area (TPSA) is 68.3 Å². The van der Waals surface area contributed by atoms with E-state index >= 15 is 0 Å². The van der Waals surface area contributed by atoms with Crippen LogP contribution < -0.4 is 5.32 Å². The molecule has 0 saturated carbocycles. The van der Waals surface area contributed by atoms with Crippen LogP contribution in [-0.4, -0.2) is 23.5 Å². The molecule has 1 amide bonds. The number of anilines is 1. The highest BCUT2D eigenvalue weighted by atomic mass is 35.5. The van der Waals surface area contributed by atoms with Crippen molar-refractivity contribution in [2.75, 3.05) is 11.9 Å². The second kappa shape index (κ2) is 6.85. The van der Waals surface area contributed by atoms with Crippen LogP contribution in [0.3, 0.4) is 0 Å². The van der Waals surface area contributed by atoms with Crippen LogP contribution in [0.2, 0.25) is 5.15 Å². The summed E-state index contributed by atoms with van der Waals surface area (Å²) < 4.78 is 4.91. The number of amides is 1. The van der Waals surface area contributed by atoms with Gasteiger partial charge in [0, 0.05) is 11.9 Å². The van der Waals surface area contributed by atoms with Crippen LogP contribution in [0, 0.1) is 0 Å². The van der Waals surface area contributed by atoms with Crippen molar-refractivity contribution in [1.29, 1.82) is 0 Å². The lowest BCUT2D eigenvalue weighted by Crippen LogP contribution is -2.13. The molecule has 2 rings (SSSR count). The summed E-state index contributed by atoms with van der Waals surface area (Å²) in [6, 6.07) is 9.63. The van der Waals surface area contributed by atoms with E-state index in [1.807, 2.05) is 0 Å². The lowest BCUT2D eigenvalue weighted by molar-refractivity contribution is 0.0526. The van der Waals surface area contributed by atoms with Crippen LogP contribution in [-0.2, 0) is 4.74 Å². The van der Waals surface area contributed by atoms with E-state index in [4.69, 9.17) is 16.3 Å². The fourth-order valence-electron chi connectivity index (χ4n) is 1.65. The number of aromatic nitrogens is 1. The van der Waals surface area contributed by atoms with Crippen LogP contribution in [0.25, 0.3) is 0 Å². The first kappa shape index (κ1) is 15.0. The fourth-order valence-corrected chi connectivity index (χ4v) is 1.76. The van der Waals surface area contributed by atoms with Gasteiger partial charge in [-0.05, 0) is 37.3 Å². The van der Waals surface area contributed by atoms with Crippen molar-refractivity contribution < 1.29 is 14.3 Å². The molecule has 0 aliphatic rings. The molecular weight excluding hydrogens is 292 g/mol. The molecule has 0 bridgehead atoms. The first-order valence-electron chi connectivity index (χ1n) is 6.30. The maximum atomic E-state index is 12.0. The van der Waals surface area contributed by atoms with Gasteiger partial charge in [0.25, 0.3) is 5.91 Å². The monoisotopic (exact) mass is 304 g/mol. The number of pyridine rings is 1. The molecule has 5 nitrogen and oxygen atoms in total. The SMILES string of the molecule is CCOC(=O)c1cccc(NC(=O)c2ccc(Cl)nc2)c1. The largest absolute Gasteiger partial charge is 0.462 e. The first-order valence-corrected chi connectivity index (χ1v) is 6.68. The van der Waals surface area contributed by atoms with Gasteiger partial charge in [0.2, 0.25) is 0 Å². The molecule has 0 aliphatic heterocycles. The average molecular weight is 305 g/mol. The summed E-state index contributed by atoms with van der Waals surface area (Å²) in [5.41, 5.74) is 1.25. The van der Waals surface area contributed by atoms with E-state index in [0.717, 1.165) is 0 Å². The molecule has 0 saturated heterocycles. The zero-order valence-electron chi connectivity index (χ0n) is 11.3. The summed E-state index contributed by atoms with van der Waals surface area (Å²) in [6.07, 6.45) is 1.38. The van der Waals surface area contributed by atoms with Crippen LogP contribution in [0.4, 0.5) is 5.69 Å². The molecule has 0 fully saturated rings. The molecule has 108 valence electrons. The van der Waals surface area contributed by atoms with E-state index in [0.29, 0.717) is 28.6 Å². The lowest BCUT2D eigenvalue weighted by Gasteiger charge is -2.07. The molecule has 0 spiro atoms. The van der Waals surface area contributed by atoms with E-state index < -0.39 is 5.97 Å². The van der Waals surface area contributed by atoms with E-state index in [1.165, 1.54) is 12.3 Å². The zero-order chi connectivity index (χ0) is 15.2. The van der Waals surface area contributed by atoms with Gasteiger partial charge in [-0.3, -0.25) is 4.79 Å². The van der Waals surface area contributed by atoms with Crippen LogP contribution >= 0.6 is 11.6 Å².